The van der Waals surface area contributed by atoms with Crippen LogP contribution in [0.25, 0.3) is 0 Å². The van der Waals surface area contributed by atoms with Crippen molar-refractivity contribution in [3.63, 3.8) is 0 Å². The van der Waals surface area contributed by atoms with Crippen LogP contribution in [0.2, 0.25) is 5.02 Å². The smallest absolute Gasteiger partial charge is 0.313 e. The number of benzene rings is 2. The van der Waals surface area contributed by atoms with E-state index in [2.05, 4.69) is 16.0 Å². The molecule has 1 aromatic heterocycles. The first-order valence-corrected chi connectivity index (χ1v) is 9.14. The highest BCUT2D eigenvalue weighted by Crippen LogP contribution is 2.15. The fourth-order valence-electron chi connectivity index (χ4n) is 2.55. The molecule has 2 aromatic carbocycles. The Kier molecular flexibility index (Phi) is 6.65. The van der Waals surface area contributed by atoms with Gasteiger partial charge in [-0.1, -0.05) is 35.9 Å². The fraction of sp³-hybridized carbons (Fsp3) is 0.0952. The molecule has 0 saturated carbocycles. The van der Waals surface area contributed by atoms with Crippen LogP contribution in [0.1, 0.15) is 21.7 Å². The van der Waals surface area contributed by atoms with Gasteiger partial charge < -0.3 is 20.4 Å². The van der Waals surface area contributed by atoms with Crippen LogP contribution in [0.15, 0.2) is 71.3 Å². The molecule has 0 aliphatic rings. The minimum Gasteiger partial charge on any atom is -0.467 e. The van der Waals surface area contributed by atoms with E-state index in [9.17, 15) is 14.4 Å². The molecule has 0 aliphatic heterocycles. The van der Waals surface area contributed by atoms with E-state index >= 15 is 0 Å². The second kappa shape index (κ2) is 9.57. The van der Waals surface area contributed by atoms with Gasteiger partial charge in [-0.05, 0) is 42.0 Å². The van der Waals surface area contributed by atoms with Crippen LogP contribution < -0.4 is 16.0 Å². The Morgan fingerprint density at radius 3 is 2.45 bits per heavy atom. The Morgan fingerprint density at radius 2 is 1.69 bits per heavy atom. The number of anilines is 1. The summed E-state index contributed by atoms with van der Waals surface area (Å²) in [5.74, 6) is -1.51. The summed E-state index contributed by atoms with van der Waals surface area (Å²) in [6.07, 6.45) is 1.51. The van der Waals surface area contributed by atoms with Gasteiger partial charge in [0.2, 0.25) is 0 Å². The van der Waals surface area contributed by atoms with Crippen LogP contribution in [-0.2, 0) is 22.7 Å². The Morgan fingerprint density at radius 1 is 0.862 bits per heavy atom. The van der Waals surface area contributed by atoms with Crippen molar-refractivity contribution in [1.82, 2.24) is 10.6 Å². The SMILES string of the molecule is O=C(NCc1cccc(Cl)c1)C(=O)Nc1ccccc1C(=O)NCc1ccco1. The first-order valence-electron chi connectivity index (χ1n) is 8.76. The summed E-state index contributed by atoms with van der Waals surface area (Å²) in [4.78, 5) is 36.8. The Labute approximate surface area is 172 Å². The number of rotatable bonds is 6. The van der Waals surface area contributed by atoms with Gasteiger partial charge in [-0.25, -0.2) is 0 Å². The first kappa shape index (κ1) is 20.2. The molecule has 1 heterocycles. The van der Waals surface area contributed by atoms with E-state index in [0.29, 0.717) is 10.8 Å². The fourth-order valence-corrected chi connectivity index (χ4v) is 2.77. The summed E-state index contributed by atoms with van der Waals surface area (Å²) in [7, 11) is 0. The average molecular weight is 412 g/mol. The molecule has 0 atom stereocenters. The Balaban J connectivity index is 1.59. The van der Waals surface area contributed by atoms with Crippen LogP contribution in [-0.4, -0.2) is 17.7 Å². The number of hydrogen-bond acceptors (Lipinski definition) is 4. The third-order valence-electron chi connectivity index (χ3n) is 3.97. The first-order chi connectivity index (χ1) is 14.0. The standard InChI is InChI=1S/C21H18ClN3O4/c22-15-6-3-5-14(11-15)12-23-20(27)21(28)25-18-9-2-1-8-17(18)19(26)24-13-16-7-4-10-29-16/h1-11H,12-13H2,(H,23,27)(H,24,26)(H,25,28). The summed E-state index contributed by atoms with van der Waals surface area (Å²) in [6, 6.07) is 16.8. The molecule has 0 spiro atoms. The molecular weight excluding hydrogens is 394 g/mol. The summed E-state index contributed by atoms with van der Waals surface area (Å²) >= 11 is 5.90. The minimum atomic E-state index is -0.877. The lowest BCUT2D eigenvalue weighted by Gasteiger charge is -2.11. The lowest BCUT2D eigenvalue weighted by molar-refractivity contribution is -0.136. The molecule has 0 unspecified atom stereocenters. The number of para-hydroxylation sites is 1. The van der Waals surface area contributed by atoms with Crippen molar-refractivity contribution in [3.05, 3.63) is 88.8 Å². The van der Waals surface area contributed by atoms with Gasteiger partial charge in [-0.2, -0.15) is 0 Å². The second-order valence-corrected chi connectivity index (χ2v) is 6.51. The maximum Gasteiger partial charge on any atom is 0.313 e. The second-order valence-electron chi connectivity index (χ2n) is 6.07. The van der Waals surface area contributed by atoms with E-state index in [4.69, 9.17) is 16.0 Å². The Bertz CT molecular complexity index is 1020. The molecule has 3 N–H and O–H groups in total. The van der Waals surface area contributed by atoms with Gasteiger partial charge >= 0.3 is 11.8 Å². The normalized spacial score (nSPS) is 10.2. The summed E-state index contributed by atoms with van der Waals surface area (Å²) in [5.41, 5.74) is 1.22. The topological polar surface area (TPSA) is 100 Å². The van der Waals surface area contributed by atoms with Crippen molar-refractivity contribution in [2.75, 3.05) is 5.32 Å². The number of furan rings is 1. The number of halogens is 1. The number of nitrogens with one attached hydrogen (secondary N) is 3. The Hall–Kier alpha value is -3.58. The minimum absolute atomic E-state index is 0.151. The maximum absolute atomic E-state index is 12.4. The summed E-state index contributed by atoms with van der Waals surface area (Å²) in [5, 5.41) is 8.22. The van der Waals surface area contributed by atoms with Crippen molar-refractivity contribution in [2.45, 2.75) is 13.1 Å². The van der Waals surface area contributed by atoms with E-state index in [-0.39, 0.29) is 24.3 Å². The number of carbonyl (C=O) groups excluding carboxylic acids is 3. The van der Waals surface area contributed by atoms with Crippen molar-refractivity contribution >= 4 is 35.0 Å². The highest BCUT2D eigenvalue weighted by molar-refractivity contribution is 6.40. The van der Waals surface area contributed by atoms with Crippen molar-refractivity contribution in [1.29, 1.82) is 0 Å². The van der Waals surface area contributed by atoms with Crippen molar-refractivity contribution in [3.8, 4) is 0 Å². The molecule has 3 amide bonds. The van der Waals surface area contributed by atoms with Gasteiger partial charge in [0.25, 0.3) is 5.91 Å². The van der Waals surface area contributed by atoms with E-state index < -0.39 is 17.7 Å². The monoisotopic (exact) mass is 411 g/mol. The van der Waals surface area contributed by atoms with Gasteiger partial charge in [-0.3, -0.25) is 14.4 Å². The van der Waals surface area contributed by atoms with E-state index in [1.165, 1.54) is 6.26 Å². The largest absolute Gasteiger partial charge is 0.467 e. The molecule has 7 nitrogen and oxygen atoms in total. The number of carbonyl (C=O) groups is 3. The zero-order chi connectivity index (χ0) is 20.6. The number of amides is 3. The van der Waals surface area contributed by atoms with E-state index in [1.807, 2.05) is 0 Å². The molecule has 29 heavy (non-hydrogen) atoms. The lowest BCUT2D eigenvalue weighted by atomic mass is 10.1. The predicted octanol–water partition coefficient (Wildman–Crippen LogP) is 3.12. The van der Waals surface area contributed by atoms with Crippen LogP contribution in [0, 0.1) is 0 Å². The van der Waals surface area contributed by atoms with Gasteiger partial charge in [0.1, 0.15) is 5.76 Å². The molecule has 0 radical (unpaired) electrons. The number of hydrogen-bond donors (Lipinski definition) is 3. The van der Waals surface area contributed by atoms with Crippen LogP contribution >= 0.6 is 11.6 Å². The lowest BCUT2D eigenvalue weighted by Crippen LogP contribution is -2.35. The van der Waals surface area contributed by atoms with Crippen LogP contribution in [0.5, 0.6) is 0 Å². The van der Waals surface area contributed by atoms with Gasteiger partial charge in [0.15, 0.2) is 0 Å². The van der Waals surface area contributed by atoms with Crippen LogP contribution in [0.4, 0.5) is 5.69 Å². The molecule has 0 saturated heterocycles. The van der Waals surface area contributed by atoms with Crippen molar-refractivity contribution in [2.24, 2.45) is 0 Å². The van der Waals surface area contributed by atoms with Gasteiger partial charge in [-0.15, -0.1) is 0 Å². The highest BCUT2D eigenvalue weighted by Gasteiger charge is 2.18. The maximum atomic E-state index is 12.4. The van der Waals surface area contributed by atoms with Gasteiger partial charge in [0.05, 0.1) is 24.1 Å². The third-order valence-corrected chi connectivity index (χ3v) is 4.21. The van der Waals surface area contributed by atoms with Gasteiger partial charge in [0, 0.05) is 11.6 Å². The summed E-state index contributed by atoms with van der Waals surface area (Å²) < 4.78 is 5.17. The molecule has 8 heteroatoms. The summed E-state index contributed by atoms with van der Waals surface area (Å²) in [6.45, 7) is 0.354. The molecule has 0 fully saturated rings. The predicted molar refractivity (Wildman–Crippen MR) is 108 cm³/mol. The zero-order valence-electron chi connectivity index (χ0n) is 15.3. The highest BCUT2D eigenvalue weighted by atomic mass is 35.5. The molecule has 3 rings (SSSR count). The van der Waals surface area contributed by atoms with Crippen molar-refractivity contribution < 1.29 is 18.8 Å². The quantitative estimate of drug-likeness (QED) is 0.542. The molecule has 0 bridgehead atoms. The zero-order valence-corrected chi connectivity index (χ0v) is 16.0. The van der Waals surface area contributed by atoms with E-state index in [0.717, 1.165) is 5.56 Å². The molecular formula is C21H18ClN3O4. The molecule has 0 aliphatic carbocycles. The molecule has 148 valence electrons. The molecule has 3 aromatic rings. The van der Waals surface area contributed by atoms with Crippen LogP contribution in [0.3, 0.4) is 0 Å². The third kappa shape index (κ3) is 5.70. The van der Waals surface area contributed by atoms with E-state index in [1.54, 1.807) is 60.7 Å². The average Bonchev–Trinajstić information content (AvgIpc) is 3.24.